The highest BCUT2D eigenvalue weighted by atomic mass is 35.5. The molecule has 1 aromatic rings. The van der Waals surface area contributed by atoms with Crippen LogP contribution in [0.2, 0.25) is 5.02 Å². The first-order chi connectivity index (χ1) is 7.63. The van der Waals surface area contributed by atoms with Crippen LogP contribution < -0.4 is 10.6 Å². The van der Waals surface area contributed by atoms with Crippen LogP contribution in [0.5, 0.6) is 5.75 Å². The number of rotatable bonds is 5. The van der Waals surface area contributed by atoms with Crippen molar-refractivity contribution >= 4 is 17.5 Å². The van der Waals surface area contributed by atoms with Crippen LogP contribution in [0.1, 0.15) is 12.0 Å². The molecule has 1 aromatic carbocycles. The van der Waals surface area contributed by atoms with Gasteiger partial charge < -0.3 is 15.7 Å². The predicted octanol–water partition coefficient (Wildman–Crippen LogP) is 1.27. The molecular formula is C11H15ClN2O2. The summed E-state index contributed by atoms with van der Waals surface area (Å²) in [5.41, 5.74) is 0.726. The molecule has 0 aliphatic rings. The average Bonchev–Trinajstić information content (AvgIpc) is 2.28. The molecule has 88 valence electrons. The van der Waals surface area contributed by atoms with Gasteiger partial charge in [0.25, 0.3) is 0 Å². The van der Waals surface area contributed by atoms with E-state index in [1.807, 2.05) is 0 Å². The van der Waals surface area contributed by atoms with Crippen molar-refractivity contribution in [3.63, 3.8) is 0 Å². The topological polar surface area (TPSA) is 61.4 Å². The molecule has 0 radical (unpaired) electrons. The number of aromatic hydroxyl groups is 1. The fraction of sp³-hybridized carbons (Fsp3) is 0.364. The molecular weight excluding hydrogens is 228 g/mol. The number of halogens is 1. The highest BCUT2D eigenvalue weighted by Crippen LogP contribution is 2.20. The summed E-state index contributed by atoms with van der Waals surface area (Å²) >= 11 is 5.80. The highest BCUT2D eigenvalue weighted by molar-refractivity contribution is 6.30. The molecule has 0 heterocycles. The average molecular weight is 243 g/mol. The van der Waals surface area contributed by atoms with E-state index in [2.05, 4.69) is 10.6 Å². The van der Waals surface area contributed by atoms with E-state index in [0.29, 0.717) is 24.5 Å². The molecule has 1 rings (SSSR count). The van der Waals surface area contributed by atoms with Crippen molar-refractivity contribution in [1.82, 2.24) is 10.6 Å². The zero-order valence-electron chi connectivity index (χ0n) is 9.09. The second kappa shape index (κ2) is 6.35. The van der Waals surface area contributed by atoms with Crippen LogP contribution in [-0.2, 0) is 11.3 Å². The Balaban J connectivity index is 2.37. The molecule has 0 unspecified atom stereocenters. The fourth-order valence-electron chi connectivity index (χ4n) is 1.25. The molecule has 0 atom stereocenters. The molecule has 1 amide bonds. The second-order valence-corrected chi connectivity index (χ2v) is 3.81. The molecule has 0 spiro atoms. The normalized spacial score (nSPS) is 10.1. The first kappa shape index (κ1) is 12.8. The van der Waals surface area contributed by atoms with Gasteiger partial charge in [-0.05, 0) is 18.2 Å². The van der Waals surface area contributed by atoms with Crippen molar-refractivity contribution in [2.75, 3.05) is 13.6 Å². The van der Waals surface area contributed by atoms with E-state index in [1.54, 1.807) is 25.2 Å². The molecule has 0 fully saturated rings. The van der Waals surface area contributed by atoms with Gasteiger partial charge in [0.15, 0.2) is 0 Å². The Morgan fingerprint density at radius 1 is 1.50 bits per heavy atom. The first-order valence-electron chi connectivity index (χ1n) is 5.02. The molecule has 0 saturated carbocycles. The minimum Gasteiger partial charge on any atom is -0.508 e. The zero-order valence-corrected chi connectivity index (χ0v) is 9.84. The Kier molecular flexibility index (Phi) is 5.08. The molecule has 0 aliphatic carbocycles. The summed E-state index contributed by atoms with van der Waals surface area (Å²) in [6, 6.07) is 4.88. The summed E-state index contributed by atoms with van der Waals surface area (Å²) in [7, 11) is 1.60. The zero-order chi connectivity index (χ0) is 12.0. The summed E-state index contributed by atoms with van der Waals surface area (Å²) in [5, 5.41) is 15.7. The summed E-state index contributed by atoms with van der Waals surface area (Å²) in [5.74, 6) is 0.194. The van der Waals surface area contributed by atoms with Gasteiger partial charge in [-0.15, -0.1) is 0 Å². The lowest BCUT2D eigenvalue weighted by Gasteiger charge is -2.06. The Labute approximate surface area is 99.6 Å². The van der Waals surface area contributed by atoms with Crippen LogP contribution in [0.25, 0.3) is 0 Å². The maximum Gasteiger partial charge on any atom is 0.221 e. The monoisotopic (exact) mass is 242 g/mol. The largest absolute Gasteiger partial charge is 0.508 e. The van der Waals surface area contributed by atoms with Crippen LogP contribution in [0.15, 0.2) is 18.2 Å². The van der Waals surface area contributed by atoms with Crippen molar-refractivity contribution in [3.05, 3.63) is 28.8 Å². The Morgan fingerprint density at radius 2 is 2.25 bits per heavy atom. The Hall–Kier alpha value is -1.26. The van der Waals surface area contributed by atoms with Crippen LogP contribution >= 0.6 is 11.6 Å². The van der Waals surface area contributed by atoms with Gasteiger partial charge in [0.05, 0.1) is 0 Å². The van der Waals surface area contributed by atoms with E-state index in [4.69, 9.17) is 11.6 Å². The standard InChI is InChI=1S/C11H15ClN2O2/c1-13-11(16)4-5-14-7-8-6-9(12)2-3-10(8)15/h2-3,6,14-15H,4-5,7H2,1H3,(H,13,16). The Morgan fingerprint density at radius 3 is 2.94 bits per heavy atom. The first-order valence-corrected chi connectivity index (χ1v) is 5.40. The van der Waals surface area contributed by atoms with Gasteiger partial charge in [-0.1, -0.05) is 11.6 Å². The molecule has 0 aliphatic heterocycles. The van der Waals surface area contributed by atoms with E-state index in [0.717, 1.165) is 5.56 Å². The summed E-state index contributed by atoms with van der Waals surface area (Å²) < 4.78 is 0. The van der Waals surface area contributed by atoms with E-state index in [1.165, 1.54) is 0 Å². The van der Waals surface area contributed by atoms with Gasteiger partial charge in [0, 0.05) is 37.1 Å². The minimum atomic E-state index is -0.0113. The number of benzene rings is 1. The van der Waals surface area contributed by atoms with Gasteiger partial charge in [0.2, 0.25) is 5.91 Å². The van der Waals surface area contributed by atoms with Crippen molar-refractivity contribution in [2.24, 2.45) is 0 Å². The van der Waals surface area contributed by atoms with Crippen LogP contribution in [-0.4, -0.2) is 24.6 Å². The maximum atomic E-state index is 10.9. The number of carbonyl (C=O) groups is 1. The van der Waals surface area contributed by atoms with Gasteiger partial charge in [-0.3, -0.25) is 4.79 Å². The Bertz CT molecular complexity index is 369. The van der Waals surface area contributed by atoms with Gasteiger partial charge in [-0.25, -0.2) is 0 Å². The van der Waals surface area contributed by atoms with Crippen LogP contribution in [0.3, 0.4) is 0 Å². The number of phenols is 1. The number of hydrogen-bond donors (Lipinski definition) is 3. The summed E-state index contributed by atoms with van der Waals surface area (Å²) in [6.07, 6.45) is 0.415. The lowest BCUT2D eigenvalue weighted by molar-refractivity contribution is -0.120. The lowest BCUT2D eigenvalue weighted by Crippen LogP contribution is -2.24. The van der Waals surface area contributed by atoms with Crippen LogP contribution in [0.4, 0.5) is 0 Å². The van der Waals surface area contributed by atoms with Crippen molar-refractivity contribution in [1.29, 1.82) is 0 Å². The SMILES string of the molecule is CNC(=O)CCNCc1cc(Cl)ccc1O. The van der Waals surface area contributed by atoms with E-state index >= 15 is 0 Å². The molecule has 0 saturated heterocycles. The number of nitrogens with one attached hydrogen (secondary N) is 2. The second-order valence-electron chi connectivity index (χ2n) is 3.37. The quantitative estimate of drug-likeness (QED) is 0.682. The lowest BCUT2D eigenvalue weighted by atomic mass is 10.2. The molecule has 4 nitrogen and oxygen atoms in total. The summed E-state index contributed by atoms with van der Waals surface area (Å²) in [4.78, 5) is 10.9. The molecule has 3 N–H and O–H groups in total. The molecule has 5 heteroatoms. The molecule has 0 aromatic heterocycles. The van der Waals surface area contributed by atoms with Crippen molar-refractivity contribution in [2.45, 2.75) is 13.0 Å². The summed E-state index contributed by atoms with van der Waals surface area (Å²) in [6.45, 7) is 1.05. The number of phenolic OH excluding ortho intramolecular Hbond substituents is 1. The van der Waals surface area contributed by atoms with Gasteiger partial charge >= 0.3 is 0 Å². The minimum absolute atomic E-state index is 0.0113. The van der Waals surface area contributed by atoms with Gasteiger partial charge in [0.1, 0.15) is 5.75 Å². The van der Waals surface area contributed by atoms with Gasteiger partial charge in [-0.2, -0.15) is 0 Å². The van der Waals surface area contributed by atoms with Crippen molar-refractivity contribution < 1.29 is 9.90 Å². The molecule has 16 heavy (non-hydrogen) atoms. The van der Waals surface area contributed by atoms with Crippen LogP contribution in [0, 0.1) is 0 Å². The smallest absolute Gasteiger partial charge is 0.221 e. The highest BCUT2D eigenvalue weighted by Gasteiger charge is 2.02. The van der Waals surface area contributed by atoms with E-state index < -0.39 is 0 Å². The maximum absolute atomic E-state index is 10.9. The predicted molar refractivity (Wildman–Crippen MR) is 63.5 cm³/mol. The molecule has 0 bridgehead atoms. The third kappa shape index (κ3) is 4.08. The third-order valence-electron chi connectivity index (χ3n) is 2.16. The van der Waals surface area contributed by atoms with E-state index in [9.17, 15) is 9.90 Å². The van der Waals surface area contributed by atoms with E-state index in [-0.39, 0.29) is 11.7 Å². The third-order valence-corrected chi connectivity index (χ3v) is 2.40. The number of carbonyl (C=O) groups excluding carboxylic acids is 1. The number of amides is 1. The number of hydrogen-bond acceptors (Lipinski definition) is 3. The fourth-order valence-corrected chi connectivity index (χ4v) is 1.44. The van der Waals surface area contributed by atoms with Crippen molar-refractivity contribution in [3.8, 4) is 5.75 Å².